The van der Waals surface area contributed by atoms with Gasteiger partial charge < -0.3 is 19.7 Å². The van der Waals surface area contributed by atoms with Gasteiger partial charge in [-0.25, -0.2) is 0 Å². The Hall–Kier alpha value is -2.42. The van der Waals surface area contributed by atoms with Crippen LogP contribution < -0.4 is 31.9 Å². The molecule has 0 fully saturated rings. The predicted octanol–water partition coefficient (Wildman–Crippen LogP) is 7.12. The molecule has 0 aliphatic carbocycles. The van der Waals surface area contributed by atoms with Crippen molar-refractivity contribution in [3.05, 3.63) is 121 Å². The molecule has 0 saturated carbocycles. The van der Waals surface area contributed by atoms with E-state index in [1.807, 2.05) is 0 Å². The minimum absolute atomic E-state index is 0.290. The zero-order valence-corrected chi connectivity index (χ0v) is 28.6. The molecule has 0 saturated heterocycles. The van der Waals surface area contributed by atoms with Crippen molar-refractivity contribution >= 4 is 37.5 Å². The van der Waals surface area contributed by atoms with Crippen LogP contribution in [0.25, 0.3) is 0 Å². The summed E-state index contributed by atoms with van der Waals surface area (Å²) in [5.74, 6) is 1.17. The molecule has 0 aromatic heterocycles. The Morgan fingerprint density at radius 3 is 0.977 bits per heavy atom. The fourth-order valence-corrected chi connectivity index (χ4v) is 8.91. The van der Waals surface area contributed by atoms with Gasteiger partial charge in [0.2, 0.25) is 0 Å². The van der Waals surface area contributed by atoms with Gasteiger partial charge in [-0.15, -0.1) is 0 Å². The van der Waals surface area contributed by atoms with Crippen molar-refractivity contribution in [2.75, 3.05) is 26.3 Å². The molecule has 2 N–H and O–H groups in total. The quantitative estimate of drug-likeness (QED) is 0.0857. The molecular weight excluding hydrogens is 578 g/mol. The Bertz CT molecular complexity index is 1110. The molecule has 4 aromatic carbocycles. The van der Waals surface area contributed by atoms with Gasteiger partial charge in [0.25, 0.3) is 0 Å². The Kier molecular flexibility index (Phi) is 15.0. The zero-order valence-electron chi connectivity index (χ0n) is 26.8. The highest BCUT2D eigenvalue weighted by molar-refractivity contribution is 7.68. The van der Waals surface area contributed by atoms with Crippen LogP contribution in [-0.2, 0) is 9.05 Å². The first-order valence-corrected chi connectivity index (χ1v) is 18.5. The lowest BCUT2D eigenvalue weighted by Gasteiger charge is -2.27. The highest BCUT2D eigenvalue weighted by Gasteiger charge is 2.20. The first-order valence-electron chi connectivity index (χ1n) is 16.0. The summed E-state index contributed by atoms with van der Waals surface area (Å²) in [6, 6.07) is 43.2. The average Bonchev–Trinajstić information content (AvgIpc) is 3.04. The zero-order chi connectivity index (χ0) is 31.0. The van der Waals surface area contributed by atoms with E-state index in [4.69, 9.17) is 9.05 Å². The first-order chi connectivity index (χ1) is 21.5. The fourth-order valence-electron chi connectivity index (χ4n) is 5.29. The van der Waals surface area contributed by atoms with Crippen LogP contribution in [0.15, 0.2) is 121 Å². The number of nitrogens with one attached hydrogen (secondary N) is 2. The maximum atomic E-state index is 6.72. The molecule has 4 aromatic rings. The van der Waals surface area contributed by atoms with Crippen molar-refractivity contribution in [3.63, 3.8) is 0 Å². The van der Waals surface area contributed by atoms with E-state index < -0.39 is 16.3 Å². The molecule has 234 valence electrons. The largest absolute Gasteiger partial charge is 0.348 e. The van der Waals surface area contributed by atoms with Crippen LogP contribution in [-0.4, -0.2) is 38.4 Å². The molecule has 0 spiro atoms. The van der Waals surface area contributed by atoms with Crippen LogP contribution >= 0.6 is 16.3 Å². The SMILES string of the molecule is CC(C)C[C@@H](COP(c1ccccc1)c1ccccc1)NCCN[C@H](COP(c1ccccc1)c1ccccc1)CC(C)C. The Balaban J connectivity index is 1.33. The third kappa shape index (κ3) is 11.8. The van der Waals surface area contributed by atoms with Crippen molar-refractivity contribution in [1.29, 1.82) is 0 Å². The van der Waals surface area contributed by atoms with Crippen LogP contribution in [0.4, 0.5) is 0 Å². The normalized spacial score (nSPS) is 13.2. The Morgan fingerprint density at radius 1 is 0.455 bits per heavy atom. The van der Waals surface area contributed by atoms with Gasteiger partial charge in [-0.1, -0.05) is 149 Å². The van der Waals surface area contributed by atoms with Gasteiger partial charge in [-0.2, -0.15) is 0 Å². The third-order valence-corrected chi connectivity index (χ3v) is 11.2. The van der Waals surface area contributed by atoms with Gasteiger partial charge in [0.1, 0.15) is 0 Å². The summed E-state index contributed by atoms with van der Waals surface area (Å²) >= 11 is 0. The Labute approximate surface area is 268 Å². The molecule has 2 atom stereocenters. The molecule has 0 aliphatic rings. The third-order valence-electron chi connectivity index (χ3n) is 7.28. The molecule has 0 heterocycles. The summed E-state index contributed by atoms with van der Waals surface area (Å²) in [5, 5.41) is 12.6. The maximum absolute atomic E-state index is 6.72. The van der Waals surface area contributed by atoms with Crippen molar-refractivity contribution < 1.29 is 9.05 Å². The van der Waals surface area contributed by atoms with E-state index in [2.05, 4.69) is 160 Å². The maximum Gasteiger partial charge on any atom is 0.0918 e. The van der Waals surface area contributed by atoms with E-state index in [1.54, 1.807) is 0 Å². The van der Waals surface area contributed by atoms with Gasteiger partial charge in [0, 0.05) is 46.4 Å². The van der Waals surface area contributed by atoms with Gasteiger partial charge in [-0.3, -0.25) is 0 Å². The molecule has 44 heavy (non-hydrogen) atoms. The van der Waals surface area contributed by atoms with Gasteiger partial charge >= 0.3 is 0 Å². The highest BCUT2D eigenvalue weighted by atomic mass is 31.1. The second-order valence-electron chi connectivity index (χ2n) is 12.1. The molecule has 0 amide bonds. The second-order valence-corrected chi connectivity index (χ2v) is 15.8. The van der Waals surface area contributed by atoms with Crippen LogP contribution in [0.2, 0.25) is 0 Å². The fraction of sp³-hybridized carbons (Fsp3) is 0.368. The summed E-state index contributed by atoms with van der Waals surface area (Å²) in [4.78, 5) is 0. The summed E-state index contributed by atoms with van der Waals surface area (Å²) in [6.45, 7) is 12.3. The lowest BCUT2D eigenvalue weighted by atomic mass is 10.0. The summed E-state index contributed by atoms with van der Waals surface area (Å²) in [6.07, 6.45) is 2.15. The van der Waals surface area contributed by atoms with Gasteiger partial charge in [0.05, 0.1) is 29.5 Å². The monoisotopic (exact) mass is 628 g/mol. The molecule has 0 aliphatic heterocycles. The number of hydrogen-bond donors (Lipinski definition) is 2. The van der Waals surface area contributed by atoms with E-state index in [9.17, 15) is 0 Å². The number of hydrogen-bond acceptors (Lipinski definition) is 4. The standard InChI is InChI=1S/C38H50N2O2P2/c1-31(2)27-33(29-41-43(35-17-9-5-10-18-35)36-19-11-6-12-20-36)39-25-26-40-34(28-32(3)4)30-42-44(37-21-13-7-14-22-37)38-23-15-8-16-24-38/h5-24,31-34,39-40H,25-30H2,1-4H3/t33-,34-/m0/s1. The van der Waals surface area contributed by atoms with E-state index in [0.717, 1.165) is 25.9 Å². The lowest BCUT2D eigenvalue weighted by Crippen LogP contribution is -2.43. The molecule has 6 heteroatoms. The second kappa shape index (κ2) is 19.2. The van der Waals surface area contributed by atoms with Gasteiger partial charge in [0.15, 0.2) is 0 Å². The van der Waals surface area contributed by atoms with Crippen molar-refractivity contribution in [2.24, 2.45) is 11.8 Å². The minimum Gasteiger partial charge on any atom is -0.348 e. The van der Waals surface area contributed by atoms with Crippen LogP contribution in [0.3, 0.4) is 0 Å². The lowest BCUT2D eigenvalue weighted by molar-refractivity contribution is 0.254. The van der Waals surface area contributed by atoms with Crippen molar-refractivity contribution in [2.45, 2.75) is 52.6 Å². The van der Waals surface area contributed by atoms with Gasteiger partial charge in [-0.05, 0) is 24.7 Å². The number of rotatable bonds is 19. The number of benzene rings is 4. The first kappa shape index (κ1) is 34.5. The average molecular weight is 629 g/mol. The summed E-state index contributed by atoms with van der Waals surface area (Å²) in [7, 11) is -1.74. The Morgan fingerprint density at radius 2 is 0.727 bits per heavy atom. The topological polar surface area (TPSA) is 42.5 Å². The van der Waals surface area contributed by atoms with E-state index in [0.29, 0.717) is 25.0 Å². The summed E-state index contributed by atoms with van der Waals surface area (Å²) in [5.41, 5.74) is 0. The van der Waals surface area contributed by atoms with Crippen molar-refractivity contribution in [1.82, 2.24) is 10.6 Å². The van der Waals surface area contributed by atoms with Crippen molar-refractivity contribution in [3.8, 4) is 0 Å². The van der Waals surface area contributed by atoms with E-state index in [-0.39, 0.29) is 12.1 Å². The van der Waals surface area contributed by atoms with E-state index >= 15 is 0 Å². The molecule has 0 radical (unpaired) electrons. The molecule has 0 bridgehead atoms. The van der Waals surface area contributed by atoms with Crippen LogP contribution in [0, 0.1) is 11.8 Å². The summed E-state index contributed by atoms with van der Waals surface area (Å²) < 4.78 is 13.4. The minimum atomic E-state index is -0.868. The highest BCUT2D eigenvalue weighted by Crippen LogP contribution is 2.36. The smallest absolute Gasteiger partial charge is 0.0918 e. The predicted molar refractivity (Wildman–Crippen MR) is 193 cm³/mol. The van der Waals surface area contributed by atoms with Crippen LogP contribution in [0.1, 0.15) is 40.5 Å². The van der Waals surface area contributed by atoms with Crippen LogP contribution in [0.5, 0.6) is 0 Å². The molecule has 0 unspecified atom stereocenters. The molecule has 4 rings (SSSR count). The molecule has 4 nitrogen and oxygen atoms in total. The van der Waals surface area contributed by atoms with E-state index in [1.165, 1.54) is 21.2 Å². The molecular formula is C38H50N2O2P2.